The van der Waals surface area contributed by atoms with E-state index in [-0.39, 0.29) is 0 Å². The zero-order chi connectivity index (χ0) is 12.3. The average Bonchev–Trinajstić information content (AvgIpc) is 2.31. The van der Waals surface area contributed by atoms with Gasteiger partial charge in [0.2, 0.25) is 0 Å². The number of hydrogen-bond acceptors (Lipinski definition) is 4. The summed E-state index contributed by atoms with van der Waals surface area (Å²) in [4.78, 5) is 4.94. The van der Waals surface area contributed by atoms with Crippen molar-refractivity contribution in [1.82, 2.24) is 4.98 Å². The smallest absolute Gasteiger partial charge is 0.123 e. The molecule has 0 atom stereocenters. The van der Waals surface area contributed by atoms with E-state index in [2.05, 4.69) is 4.98 Å². The maximum atomic E-state index is 6.08. The Morgan fingerprint density at radius 2 is 2.00 bits per heavy atom. The summed E-state index contributed by atoms with van der Waals surface area (Å²) in [5.74, 6) is 1.29. The van der Waals surface area contributed by atoms with Crippen LogP contribution in [0.25, 0.3) is 0 Å². The van der Waals surface area contributed by atoms with Crippen LogP contribution < -0.4 is 11.5 Å². The molecule has 1 aromatic carbocycles. The van der Waals surface area contributed by atoms with Crippen LogP contribution in [0.4, 0.5) is 11.5 Å². The summed E-state index contributed by atoms with van der Waals surface area (Å²) in [6.07, 6.45) is 1.76. The van der Waals surface area contributed by atoms with Gasteiger partial charge in [-0.05, 0) is 23.8 Å². The Morgan fingerprint density at radius 1 is 1.18 bits per heavy atom. The van der Waals surface area contributed by atoms with E-state index in [1.165, 1.54) is 0 Å². The van der Waals surface area contributed by atoms with Crippen LogP contribution in [0.15, 0.2) is 41.4 Å². The van der Waals surface area contributed by atoms with E-state index >= 15 is 0 Å². The molecule has 0 fully saturated rings. The highest BCUT2D eigenvalue weighted by molar-refractivity contribution is 7.98. The molecule has 0 saturated heterocycles. The van der Waals surface area contributed by atoms with Crippen molar-refractivity contribution in [2.75, 3.05) is 11.5 Å². The molecule has 2 rings (SSSR count). The van der Waals surface area contributed by atoms with E-state index in [0.29, 0.717) is 16.5 Å². The lowest BCUT2D eigenvalue weighted by atomic mass is 10.3. The van der Waals surface area contributed by atoms with Crippen LogP contribution in [0.3, 0.4) is 0 Å². The molecule has 0 aliphatic heterocycles. The van der Waals surface area contributed by atoms with Crippen molar-refractivity contribution in [1.29, 1.82) is 0 Å². The number of rotatable bonds is 3. The van der Waals surface area contributed by atoms with Crippen LogP contribution in [0.1, 0.15) is 5.56 Å². The van der Waals surface area contributed by atoms with Gasteiger partial charge in [0.15, 0.2) is 0 Å². The van der Waals surface area contributed by atoms with Gasteiger partial charge in [0.05, 0.1) is 5.02 Å². The Balaban J connectivity index is 2.10. The molecule has 0 saturated carbocycles. The summed E-state index contributed by atoms with van der Waals surface area (Å²) < 4.78 is 0. The van der Waals surface area contributed by atoms with Gasteiger partial charge in [-0.15, -0.1) is 11.8 Å². The molecule has 88 valence electrons. The number of hydrogen-bond donors (Lipinski definition) is 2. The maximum Gasteiger partial charge on any atom is 0.123 e. The number of thioether (sulfide) groups is 1. The summed E-state index contributed by atoms with van der Waals surface area (Å²) in [5, 5.41) is 0.679. The van der Waals surface area contributed by atoms with E-state index in [0.717, 1.165) is 16.2 Å². The lowest BCUT2D eigenvalue weighted by molar-refractivity contribution is 1.26. The Morgan fingerprint density at radius 3 is 2.65 bits per heavy atom. The van der Waals surface area contributed by atoms with Crippen molar-refractivity contribution in [2.45, 2.75) is 10.6 Å². The Hall–Kier alpha value is -1.39. The minimum absolute atomic E-state index is 0.524. The topological polar surface area (TPSA) is 64.9 Å². The van der Waals surface area contributed by atoms with Crippen LogP contribution in [0, 0.1) is 0 Å². The first-order chi connectivity index (χ1) is 8.16. The highest BCUT2D eigenvalue weighted by Gasteiger charge is 2.05. The molecule has 0 aliphatic rings. The van der Waals surface area contributed by atoms with Gasteiger partial charge in [-0.1, -0.05) is 23.7 Å². The van der Waals surface area contributed by atoms with Crippen LogP contribution >= 0.6 is 23.4 Å². The molecule has 0 amide bonds. The number of halogens is 1. The van der Waals surface area contributed by atoms with Crippen molar-refractivity contribution >= 4 is 34.9 Å². The zero-order valence-electron chi connectivity index (χ0n) is 9.06. The summed E-state index contributed by atoms with van der Waals surface area (Å²) in [7, 11) is 0. The fraction of sp³-hybridized carbons (Fsp3) is 0.0833. The fourth-order valence-corrected chi connectivity index (χ4v) is 2.62. The molecular formula is C12H12ClN3S. The van der Waals surface area contributed by atoms with E-state index in [1.54, 1.807) is 24.0 Å². The first-order valence-corrected chi connectivity index (χ1v) is 6.40. The number of nitrogen functional groups attached to an aromatic ring is 2. The van der Waals surface area contributed by atoms with Crippen LogP contribution in [0.5, 0.6) is 0 Å². The maximum absolute atomic E-state index is 6.08. The zero-order valence-corrected chi connectivity index (χ0v) is 10.6. The molecule has 4 N–H and O–H groups in total. The lowest BCUT2D eigenvalue weighted by Crippen LogP contribution is -1.92. The van der Waals surface area contributed by atoms with Gasteiger partial charge in [0.1, 0.15) is 5.82 Å². The van der Waals surface area contributed by atoms with E-state index < -0.39 is 0 Å². The molecule has 0 aliphatic carbocycles. The van der Waals surface area contributed by atoms with Gasteiger partial charge in [-0.25, -0.2) is 4.98 Å². The van der Waals surface area contributed by atoms with Crippen LogP contribution in [-0.4, -0.2) is 4.98 Å². The molecule has 3 nitrogen and oxygen atoms in total. The second-order valence-corrected chi connectivity index (χ2v) is 4.93. The molecule has 0 bridgehead atoms. The minimum Gasteiger partial charge on any atom is -0.398 e. The summed E-state index contributed by atoms with van der Waals surface area (Å²) >= 11 is 7.68. The van der Waals surface area contributed by atoms with Gasteiger partial charge in [0, 0.05) is 22.5 Å². The molecule has 1 aromatic heterocycles. The molecule has 5 heteroatoms. The van der Waals surface area contributed by atoms with Gasteiger partial charge < -0.3 is 11.5 Å². The van der Waals surface area contributed by atoms with Crippen molar-refractivity contribution in [3.63, 3.8) is 0 Å². The SMILES string of the molecule is Nc1ccc(CSc2c(N)cccc2Cl)cn1. The summed E-state index contributed by atoms with van der Waals surface area (Å²) in [6, 6.07) is 9.25. The highest BCUT2D eigenvalue weighted by Crippen LogP contribution is 2.34. The molecular weight excluding hydrogens is 254 g/mol. The van der Waals surface area contributed by atoms with E-state index in [9.17, 15) is 0 Å². The first kappa shape index (κ1) is 12.1. The van der Waals surface area contributed by atoms with Gasteiger partial charge in [-0.3, -0.25) is 0 Å². The quantitative estimate of drug-likeness (QED) is 0.661. The third kappa shape index (κ3) is 3.05. The number of nitrogens with two attached hydrogens (primary N) is 2. The van der Waals surface area contributed by atoms with Crippen LogP contribution in [-0.2, 0) is 5.75 Å². The Labute approximate surface area is 109 Å². The number of benzene rings is 1. The molecule has 2 aromatic rings. The predicted octanol–water partition coefficient (Wildman–Crippen LogP) is 3.19. The number of anilines is 2. The predicted molar refractivity (Wildman–Crippen MR) is 74.1 cm³/mol. The molecule has 17 heavy (non-hydrogen) atoms. The van der Waals surface area contributed by atoms with Crippen molar-refractivity contribution in [3.05, 3.63) is 47.1 Å². The van der Waals surface area contributed by atoms with Crippen molar-refractivity contribution in [2.24, 2.45) is 0 Å². The largest absolute Gasteiger partial charge is 0.398 e. The highest BCUT2D eigenvalue weighted by atomic mass is 35.5. The minimum atomic E-state index is 0.524. The first-order valence-electron chi connectivity index (χ1n) is 5.04. The van der Waals surface area contributed by atoms with Crippen molar-refractivity contribution in [3.8, 4) is 0 Å². The van der Waals surface area contributed by atoms with Crippen LogP contribution in [0.2, 0.25) is 5.02 Å². The fourth-order valence-electron chi connectivity index (χ4n) is 1.35. The van der Waals surface area contributed by atoms with E-state index in [4.69, 9.17) is 23.1 Å². The standard InChI is InChI=1S/C12H12ClN3S/c13-9-2-1-3-10(14)12(9)17-7-8-4-5-11(15)16-6-8/h1-6H,7,14H2,(H2,15,16). The molecule has 0 unspecified atom stereocenters. The molecule has 0 spiro atoms. The third-order valence-corrected chi connectivity index (χ3v) is 3.88. The summed E-state index contributed by atoms with van der Waals surface area (Å²) in [5.41, 5.74) is 13.2. The van der Waals surface area contributed by atoms with Gasteiger partial charge in [-0.2, -0.15) is 0 Å². The van der Waals surface area contributed by atoms with Gasteiger partial charge in [0.25, 0.3) is 0 Å². The number of pyridine rings is 1. The molecule has 0 radical (unpaired) electrons. The molecule has 1 heterocycles. The van der Waals surface area contributed by atoms with Gasteiger partial charge >= 0.3 is 0 Å². The number of nitrogens with zero attached hydrogens (tertiary/aromatic N) is 1. The van der Waals surface area contributed by atoms with E-state index in [1.807, 2.05) is 24.3 Å². The Kier molecular flexibility index (Phi) is 3.76. The lowest BCUT2D eigenvalue weighted by Gasteiger charge is -2.07. The normalized spacial score (nSPS) is 10.4. The third-order valence-electron chi connectivity index (χ3n) is 2.23. The Bertz CT molecular complexity index is 493. The summed E-state index contributed by atoms with van der Waals surface area (Å²) in [6.45, 7) is 0. The second-order valence-electron chi connectivity index (χ2n) is 3.54. The monoisotopic (exact) mass is 265 g/mol. The second kappa shape index (κ2) is 5.29. The van der Waals surface area contributed by atoms with Crippen molar-refractivity contribution < 1.29 is 0 Å². The number of aromatic nitrogens is 1. The average molecular weight is 266 g/mol.